The minimum Gasteiger partial charge on any atom is -0.284 e. The van der Waals surface area contributed by atoms with Gasteiger partial charge in [0, 0.05) is 40.4 Å². The third-order valence-corrected chi connectivity index (χ3v) is 8.00. The van der Waals surface area contributed by atoms with Crippen LogP contribution in [0.25, 0.3) is 38.6 Å². The number of unbranched alkanes of at least 4 members (excludes halogenated alkanes) is 1. The predicted octanol–water partition coefficient (Wildman–Crippen LogP) is 5.96. The van der Waals surface area contributed by atoms with Gasteiger partial charge in [0.25, 0.3) is 11.2 Å². The molecule has 0 spiro atoms. The second kappa shape index (κ2) is 10.3. The summed E-state index contributed by atoms with van der Waals surface area (Å²) in [7, 11) is -3.41. The van der Waals surface area contributed by atoms with Crippen LogP contribution in [0.4, 0.5) is 11.4 Å². The third kappa shape index (κ3) is 5.23. The summed E-state index contributed by atoms with van der Waals surface area (Å²) in [5.41, 5.74) is 3.93. The highest BCUT2D eigenvalue weighted by molar-refractivity contribution is 7.92. The summed E-state index contributed by atoms with van der Waals surface area (Å²) in [6.45, 7) is 3.59. The maximum Gasteiger partial charge on any atom is 0.274 e. The molecule has 39 heavy (non-hydrogen) atoms. The summed E-state index contributed by atoms with van der Waals surface area (Å²) >= 11 is 0. The van der Waals surface area contributed by atoms with Crippen molar-refractivity contribution in [2.24, 2.45) is 0 Å². The smallest absolute Gasteiger partial charge is 0.274 e. The van der Waals surface area contributed by atoms with Gasteiger partial charge in [-0.15, -0.1) is 0 Å². The van der Waals surface area contributed by atoms with Crippen molar-refractivity contribution in [2.75, 3.05) is 10.5 Å². The standard InChI is InChI=1S/C29H26N4O5S/c1-3-4-15-39(37,38)31-23-10-6-20(7-11-23)21-8-13-26-25(16-21)29-22(18-30-26)9-14-28(34)32(29)24-12-5-19(2)27(17-24)33(35)36/h5-14,16-18,31H,3-4,15H2,1-2H3. The number of pyridine rings is 2. The van der Waals surface area contributed by atoms with Crippen LogP contribution >= 0.6 is 0 Å². The lowest BCUT2D eigenvalue weighted by Crippen LogP contribution is -2.18. The van der Waals surface area contributed by atoms with E-state index < -0.39 is 14.9 Å². The molecule has 9 nitrogen and oxygen atoms in total. The van der Waals surface area contributed by atoms with Gasteiger partial charge < -0.3 is 0 Å². The number of nitrogens with zero attached hydrogens (tertiary/aromatic N) is 3. The first-order valence-electron chi connectivity index (χ1n) is 12.5. The van der Waals surface area contributed by atoms with Crippen LogP contribution in [0.3, 0.4) is 0 Å². The molecule has 0 aliphatic heterocycles. The molecule has 0 saturated carbocycles. The zero-order valence-electron chi connectivity index (χ0n) is 21.4. The summed E-state index contributed by atoms with van der Waals surface area (Å²) in [6, 6.07) is 20.6. The molecule has 2 heterocycles. The van der Waals surface area contributed by atoms with Crippen LogP contribution in [-0.4, -0.2) is 28.6 Å². The molecule has 0 bridgehead atoms. The maximum atomic E-state index is 13.1. The van der Waals surface area contributed by atoms with Crippen molar-refractivity contribution in [1.29, 1.82) is 0 Å². The van der Waals surface area contributed by atoms with Crippen molar-refractivity contribution in [3.05, 3.63) is 105 Å². The number of benzene rings is 3. The van der Waals surface area contributed by atoms with Crippen molar-refractivity contribution < 1.29 is 13.3 Å². The summed E-state index contributed by atoms with van der Waals surface area (Å²) in [5.74, 6) is 0.0713. The van der Waals surface area contributed by atoms with Gasteiger partial charge in [-0.25, -0.2) is 8.42 Å². The average molecular weight is 543 g/mol. The van der Waals surface area contributed by atoms with E-state index in [4.69, 9.17) is 0 Å². The van der Waals surface area contributed by atoms with Gasteiger partial charge >= 0.3 is 0 Å². The Labute approximate surface area is 225 Å². The van der Waals surface area contributed by atoms with Gasteiger partial charge in [0.2, 0.25) is 10.0 Å². The number of rotatable bonds is 8. The summed E-state index contributed by atoms with van der Waals surface area (Å²) in [5, 5.41) is 13.0. The van der Waals surface area contributed by atoms with E-state index in [0.717, 1.165) is 17.5 Å². The summed E-state index contributed by atoms with van der Waals surface area (Å²) < 4.78 is 28.6. The molecule has 0 amide bonds. The van der Waals surface area contributed by atoms with E-state index in [-0.39, 0.29) is 17.0 Å². The predicted molar refractivity (Wildman–Crippen MR) is 154 cm³/mol. The number of sulfonamides is 1. The molecule has 10 heteroatoms. The fraction of sp³-hybridized carbons (Fsp3) is 0.172. The number of hydrogen-bond donors (Lipinski definition) is 1. The molecule has 5 rings (SSSR count). The minimum atomic E-state index is -3.41. The topological polar surface area (TPSA) is 124 Å². The fourth-order valence-electron chi connectivity index (χ4n) is 4.58. The molecule has 0 saturated heterocycles. The first-order valence-corrected chi connectivity index (χ1v) is 14.1. The molecule has 198 valence electrons. The van der Waals surface area contributed by atoms with Crippen LogP contribution in [0.1, 0.15) is 25.3 Å². The van der Waals surface area contributed by atoms with Crippen molar-refractivity contribution in [3.8, 4) is 16.8 Å². The molecule has 2 aromatic heterocycles. The molecular formula is C29H26N4O5S. The monoisotopic (exact) mass is 542 g/mol. The number of hydrogen-bond acceptors (Lipinski definition) is 6. The van der Waals surface area contributed by atoms with Gasteiger partial charge in [0.1, 0.15) is 0 Å². The number of nitrogens with one attached hydrogen (secondary N) is 1. The van der Waals surface area contributed by atoms with Gasteiger partial charge in [-0.05, 0) is 60.9 Å². The van der Waals surface area contributed by atoms with Crippen molar-refractivity contribution in [2.45, 2.75) is 26.7 Å². The SMILES string of the molecule is CCCCS(=O)(=O)Nc1ccc(-c2ccc3ncc4ccc(=O)n(-c5ccc(C)c([N+](=O)[O-])c5)c4c3c2)cc1. The zero-order valence-corrected chi connectivity index (χ0v) is 22.2. The highest BCUT2D eigenvalue weighted by Gasteiger charge is 2.16. The second-order valence-electron chi connectivity index (χ2n) is 9.38. The Balaban J connectivity index is 1.63. The third-order valence-electron chi connectivity index (χ3n) is 6.62. The highest BCUT2D eigenvalue weighted by atomic mass is 32.2. The molecule has 3 aromatic carbocycles. The summed E-state index contributed by atoms with van der Waals surface area (Å²) in [4.78, 5) is 28.8. The van der Waals surface area contributed by atoms with E-state index in [2.05, 4.69) is 9.71 Å². The van der Waals surface area contributed by atoms with Gasteiger partial charge in [0.05, 0.1) is 27.4 Å². The first-order chi connectivity index (χ1) is 18.7. The van der Waals surface area contributed by atoms with Crippen LogP contribution in [-0.2, 0) is 10.0 Å². The van der Waals surface area contributed by atoms with Crippen molar-refractivity contribution >= 4 is 43.2 Å². The molecule has 0 unspecified atom stereocenters. The Bertz CT molecular complexity index is 1900. The highest BCUT2D eigenvalue weighted by Crippen LogP contribution is 2.31. The van der Waals surface area contributed by atoms with E-state index in [1.807, 2.05) is 37.3 Å². The normalized spacial score (nSPS) is 11.6. The number of fused-ring (bicyclic) bond motifs is 3. The van der Waals surface area contributed by atoms with Crippen LogP contribution in [0.2, 0.25) is 0 Å². The lowest BCUT2D eigenvalue weighted by Gasteiger charge is -2.14. The number of nitro benzene ring substituents is 1. The largest absolute Gasteiger partial charge is 0.284 e. The minimum absolute atomic E-state index is 0.0686. The van der Waals surface area contributed by atoms with Crippen LogP contribution < -0.4 is 10.3 Å². The lowest BCUT2D eigenvalue weighted by atomic mass is 10.0. The Hall–Kier alpha value is -4.57. The molecular weight excluding hydrogens is 516 g/mol. The van der Waals surface area contributed by atoms with Gasteiger partial charge in [-0.1, -0.05) is 37.6 Å². The average Bonchev–Trinajstić information content (AvgIpc) is 2.92. The molecule has 5 aromatic rings. The van der Waals surface area contributed by atoms with Crippen molar-refractivity contribution in [1.82, 2.24) is 9.55 Å². The van der Waals surface area contributed by atoms with E-state index >= 15 is 0 Å². The number of nitro groups is 1. The van der Waals surface area contributed by atoms with Crippen molar-refractivity contribution in [3.63, 3.8) is 0 Å². The van der Waals surface area contributed by atoms with Crippen LogP contribution in [0, 0.1) is 17.0 Å². The van der Waals surface area contributed by atoms with E-state index in [1.54, 1.807) is 43.5 Å². The van der Waals surface area contributed by atoms with Gasteiger partial charge in [-0.3, -0.25) is 29.2 Å². The molecule has 0 aliphatic carbocycles. The Kier molecular flexibility index (Phi) is 6.88. The Morgan fingerprint density at radius 1 is 0.974 bits per heavy atom. The number of aromatic nitrogens is 2. The molecule has 0 radical (unpaired) electrons. The van der Waals surface area contributed by atoms with E-state index in [1.165, 1.54) is 16.7 Å². The quantitative estimate of drug-likeness (QED) is 0.146. The first kappa shape index (κ1) is 26.1. The van der Waals surface area contributed by atoms with E-state index in [0.29, 0.717) is 45.2 Å². The Morgan fingerprint density at radius 2 is 1.72 bits per heavy atom. The summed E-state index contributed by atoms with van der Waals surface area (Å²) in [6.07, 6.45) is 3.06. The van der Waals surface area contributed by atoms with Gasteiger partial charge in [-0.2, -0.15) is 0 Å². The van der Waals surface area contributed by atoms with Crippen LogP contribution in [0.5, 0.6) is 0 Å². The van der Waals surface area contributed by atoms with Crippen LogP contribution in [0.15, 0.2) is 83.8 Å². The maximum absolute atomic E-state index is 13.1. The van der Waals surface area contributed by atoms with Gasteiger partial charge in [0.15, 0.2) is 0 Å². The zero-order chi connectivity index (χ0) is 27.7. The fourth-order valence-corrected chi connectivity index (χ4v) is 5.84. The Morgan fingerprint density at radius 3 is 2.44 bits per heavy atom. The molecule has 0 aliphatic rings. The molecule has 1 N–H and O–H groups in total. The number of aryl methyl sites for hydroxylation is 1. The second-order valence-corrected chi connectivity index (χ2v) is 11.2. The molecule has 0 fully saturated rings. The molecule has 0 atom stereocenters. The van der Waals surface area contributed by atoms with E-state index in [9.17, 15) is 23.3 Å². The number of anilines is 1. The lowest BCUT2D eigenvalue weighted by molar-refractivity contribution is -0.385.